The lowest BCUT2D eigenvalue weighted by atomic mass is 9.95. The number of H-pyrrole nitrogens is 1. The lowest BCUT2D eigenvalue weighted by Gasteiger charge is -2.21. The molecule has 3 aromatic rings. The Bertz CT molecular complexity index is 1470. The van der Waals surface area contributed by atoms with Gasteiger partial charge < -0.3 is 42.9 Å². The van der Waals surface area contributed by atoms with Crippen molar-refractivity contribution in [3.8, 4) is 16.9 Å². The molecule has 12 heteroatoms. The summed E-state index contributed by atoms with van der Waals surface area (Å²) in [4.78, 5) is 35.5. The summed E-state index contributed by atoms with van der Waals surface area (Å²) in [7, 11) is 0. The number of urea groups is 1. The van der Waals surface area contributed by atoms with E-state index in [4.69, 9.17) is 21.9 Å². The number of rotatable bonds is 12. The summed E-state index contributed by atoms with van der Waals surface area (Å²) in [5.74, 6) is 1.48. The van der Waals surface area contributed by atoms with Crippen molar-refractivity contribution in [1.82, 2.24) is 20.6 Å². The van der Waals surface area contributed by atoms with Crippen molar-refractivity contribution < 1.29 is 9.53 Å². The summed E-state index contributed by atoms with van der Waals surface area (Å²) in [6.45, 7) is 17.1. The zero-order chi connectivity index (χ0) is 34.3. The Morgan fingerprint density at radius 3 is 2.30 bits per heavy atom. The number of amides is 2. The van der Waals surface area contributed by atoms with E-state index in [-0.39, 0.29) is 28.5 Å². The van der Waals surface area contributed by atoms with Crippen LogP contribution in [0.4, 0.5) is 10.5 Å². The predicted octanol–water partition coefficient (Wildman–Crippen LogP) is 4.13. The van der Waals surface area contributed by atoms with E-state index in [2.05, 4.69) is 30.9 Å². The number of aryl methyl sites for hydroxylation is 1. The Morgan fingerprint density at radius 2 is 1.72 bits per heavy atom. The molecule has 0 saturated carbocycles. The van der Waals surface area contributed by atoms with Gasteiger partial charge in [0.05, 0.1) is 17.9 Å². The first-order valence-corrected chi connectivity index (χ1v) is 15.6. The highest BCUT2D eigenvalue weighted by Crippen LogP contribution is 2.26. The SMILES string of the molecule is CC(C)(C)c1ncc(-c2ccc(CNCCCN=C(N)N)cc2)c(=O)[nH]1.Cc1ccc(NC(=O)NC(C)(C)C)c(OCCCN)c1. The van der Waals surface area contributed by atoms with Crippen molar-refractivity contribution in [3.63, 3.8) is 0 Å². The summed E-state index contributed by atoms with van der Waals surface area (Å²) in [5, 5.41) is 9.00. The molecule has 3 rings (SSSR count). The van der Waals surface area contributed by atoms with Crippen molar-refractivity contribution in [2.45, 2.75) is 78.8 Å². The second-order valence-electron chi connectivity index (χ2n) is 13.1. The molecule has 0 fully saturated rings. The van der Waals surface area contributed by atoms with Crippen LogP contribution in [0.25, 0.3) is 11.1 Å². The predicted molar refractivity (Wildman–Crippen MR) is 188 cm³/mol. The number of anilines is 1. The third-order valence-electron chi connectivity index (χ3n) is 6.39. The van der Waals surface area contributed by atoms with Gasteiger partial charge in [0.25, 0.3) is 5.56 Å². The lowest BCUT2D eigenvalue weighted by Crippen LogP contribution is -2.43. The number of nitrogens with two attached hydrogens (primary N) is 3. The number of aliphatic imine (C=N–C) groups is 1. The first-order valence-electron chi connectivity index (χ1n) is 15.6. The van der Waals surface area contributed by atoms with Gasteiger partial charge in [0.1, 0.15) is 11.6 Å². The van der Waals surface area contributed by atoms with E-state index in [1.54, 1.807) is 6.20 Å². The van der Waals surface area contributed by atoms with Gasteiger partial charge in [0.2, 0.25) is 0 Å². The van der Waals surface area contributed by atoms with E-state index >= 15 is 0 Å². The van der Waals surface area contributed by atoms with E-state index in [0.717, 1.165) is 42.6 Å². The molecule has 0 unspecified atom stereocenters. The number of benzene rings is 2. The molecule has 0 aliphatic carbocycles. The van der Waals surface area contributed by atoms with Gasteiger partial charge >= 0.3 is 6.03 Å². The van der Waals surface area contributed by atoms with Crippen molar-refractivity contribution >= 4 is 17.7 Å². The normalized spacial score (nSPS) is 11.2. The Balaban J connectivity index is 0.000000332. The fourth-order valence-corrected chi connectivity index (χ4v) is 4.04. The Labute approximate surface area is 273 Å². The van der Waals surface area contributed by atoms with Crippen LogP contribution < -0.4 is 43.4 Å². The number of nitrogens with one attached hydrogen (secondary N) is 4. The zero-order valence-corrected chi connectivity index (χ0v) is 28.4. The van der Waals surface area contributed by atoms with Crippen molar-refractivity contribution in [2.24, 2.45) is 22.2 Å². The topological polar surface area (TPSA) is 199 Å². The Kier molecular flexibility index (Phi) is 14.7. The van der Waals surface area contributed by atoms with E-state index in [1.165, 1.54) is 0 Å². The third kappa shape index (κ3) is 14.1. The molecule has 2 aromatic carbocycles. The first kappa shape index (κ1) is 37.8. The quantitative estimate of drug-likeness (QED) is 0.0875. The number of nitrogens with zero attached hydrogens (tertiary/aromatic N) is 2. The van der Waals surface area contributed by atoms with Crippen molar-refractivity contribution in [1.29, 1.82) is 0 Å². The molecule has 0 aliphatic rings. The maximum atomic E-state index is 12.4. The summed E-state index contributed by atoms with van der Waals surface area (Å²) < 4.78 is 5.67. The number of guanidine groups is 1. The van der Waals surface area contributed by atoms with Crippen LogP contribution in [0.15, 0.2) is 58.4 Å². The molecule has 0 bridgehead atoms. The minimum absolute atomic E-state index is 0.115. The highest BCUT2D eigenvalue weighted by atomic mass is 16.5. The van der Waals surface area contributed by atoms with Crippen LogP contribution in [0.1, 0.15) is 71.3 Å². The molecular formula is C34H53N9O3. The van der Waals surface area contributed by atoms with E-state index < -0.39 is 0 Å². The molecule has 10 N–H and O–H groups in total. The second kappa shape index (κ2) is 17.9. The highest BCUT2D eigenvalue weighted by Gasteiger charge is 2.18. The van der Waals surface area contributed by atoms with Gasteiger partial charge in [-0.25, -0.2) is 9.78 Å². The fraction of sp³-hybridized carbons (Fsp3) is 0.471. The summed E-state index contributed by atoms with van der Waals surface area (Å²) in [6, 6.07) is 13.3. The number of hydrogen-bond acceptors (Lipinski definition) is 7. The molecule has 2 amide bonds. The van der Waals surface area contributed by atoms with Crippen LogP contribution in [-0.4, -0.2) is 53.7 Å². The van der Waals surface area contributed by atoms with Gasteiger partial charge in [-0.1, -0.05) is 51.1 Å². The summed E-state index contributed by atoms with van der Waals surface area (Å²) in [6.07, 6.45) is 3.30. The van der Waals surface area contributed by atoms with Crippen LogP contribution in [0, 0.1) is 6.92 Å². The van der Waals surface area contributed by atoms with E-state index in [0.29, 0.717) is 42.5 Å². The number of carbonyl (C=O) groups excluding carboxylic acids is 1. The highest BCUT2D eigenvalue weighted by molar-refractivity contribution is 5.91. The number of aromatic nitrogens is 2. The number of carbonyl (C=O) groups is 1. The van der Waals surface area contributed by atoms with E-state index in [9.17, 15) is 9.59 Å². The molecule has 0 radical (unpaired) electrons. The molecule has 12 nitrogen and oxygen atoms in total. The minimum Gasteiger partial charge on any atom is -0.491 e. The molecule has 0 aliphatic heterocycles. The molecule has 1 aromatic heterocycles. The largest absolute Gasteiger partial charge is 0.491 e. The second-order valence-corrected chi connectivity index (χ2v) is 13.1. The average molecular weight is 636 g/mol. The standard InChI is InChI=1S/C19H28N6O.C15H25N3O2/c1-19(2,3)17-24-12-15(16(26)25-17)14-7-5-13(6-8-14)11-22-9-4-10-23-18(20)21;1-11-6-7-12(13(10-11)20-9-5-8-16)17-14(19)18-15(2,3)4/h5-8,12,22H,4,9-11H2,1-3H3,(H4,20,21,23)(H,24,25,26);6-7,10H,5,8-9,16H2,1-4H3,(H2,17,18,19). The zero-order valence-electron chi connectivity index (χ0n) is 28.4. The average Bonchev–Trinajstić information content (AvgIpc) is 2.95. The maximum absolute atomic E-state index is 12.4. The molecule has 0 spiro atoms. The van der Waals surface area contributed by atoms with Gasteiger partial charge in [-0.15, -0.1) is 0 Å². The van der Waals surface area contributed by atoms with Crippen molar-refractivity contribution in [3.05, 3.63) is 76.0 Å². The number of ether oxygens (including phenoxy) is 1. The number of aromatic amines is 1. The molecule has 1 heterocycles. The van der Waals surface area contributed by atoms with Gasteiger partial charge in [-0.2, -0.15) is 0 Å². The Morgan fingerprint density at radius 1 is 1.02 bits per heavy atom. The van der Waals surface area contributed by atoms with E-state index in [1.807, 2.05) is 90.9 Å². The van der Waals surface area contributed by atoms with Gasteiger partial charge in [-0.3, -0.25) is 9.79 Å². The van der Waals surface area contributed by atoms with Crippen LogP contribution in [-0.2, 0) is 12.0 Å². The van der Waals surface area contributed by atoms with Crippen molar-refractivity contribution in [2.75, 3.05) is 31.6 Å². The van der Waals surface area contributed by atoms with Gasteiger partial charge in [-0.05, 0) is 82.4 Å². The van der Waals surface area contributed by atoms with Gasteiger partial charge in [0.15, 0.2) is 5.96 Å². The lowest BCUT2D eigenvalue weighted by molar-refractivity contribution is 0.243. The maximum Gasteiger partial charge on any atom is 0.319 e. The van der Waals surface area contributed by atoms with Crippen LogP contribution in [0.3, 0.4) is 0 Å². The Hall–Kier alpha value is -4.42. The fourth-order valence-electron chi connectivity index (χ4n) is 4.04. The molecular weight excluding hydrogens is 582 g/mol. The summed E-state index contributed by atoms with van der Waals surface area (Å²) >= 11 is 0. The van der Waals surface area contributed by atoms with Crippen LogP contribution in [0.5, 0.6) is 5.75 Å². The molecule has 46 heavy (non-hydrogen) atoms. The first-order chi connectivity index (χ1) is 21.6. The molecule has 0 saturated heterocycles. The monoisotopic (exact) mass is 635 g/mol. The van der Waals surface area contributed by atoms with Crippen LogP contribution in [0.2, 0.25) is 0 Å². The smallest absolute Gasteiger partial charge is 0.319 e. The minimum atomic E-state index is -0.282. The third-order valence-corrected chi connectivity index (χ3v) is 6.39. The number of hydrogen-bond donors (Lipinski definition) is 7. The van der Waals surface area contributed by atoms with Gasteiger partial charge in [0, 0.05) is 30.2 Å². The summed E-state index contributed by atoms with van der Waals surface area (Å²) in [5.41, 5.74) is 19.7. The molecule has 0 atom stereocenters. The van der Waals surface area contributed by atoms with Crippen LogP contribution >= 0.6 is 0 Å². The molecule has 252 valence electrons.